The van der Waals surface area contributed by atoms with Gasteiger partial charge in [-0.3, -0.25) is 19.8 Å². The Balaban J connectivity index is 1.38. The number of carbonyl (C=O) groups is 2. The molecule has 1 amide bonds. The Labute approximate surface area is 171 Å². The van der Waals surface area contributed by atoms with Gasteiger partial charge in [-0.25, -0.2) is 4.79 Å². The van der Waals surface area contributed by atoms with E-state index in [-0.39, 0.29) is 29.3 Å². The molecular weight excluding hydrogens is 452 g/mol. The van der Waals surface area contributed by atoms with Gasteiger partial charge < -0.3 is 9.15 Å². The maximum absolute atomic E-state index is 12.4. The number of ether oxygens (including phenoxy) is 1. The van der Waals surface area contributed by atoms with Gasteiger partial charge in [0.2, 0.25) is 0 Å². The molecular formula is C18H11BrN2O6S. The number of benzene rings is 1. The van der Waals surface area contributed by atoms with Crippen LogP contribution in [0.5, 0.6) is 0 Å². The van der Waals surface area contributed by atoms with Crippen LogP contribution in [0.15, 0.2) is 62.2 Å². The van der Waals surface area contributed by atoms with E-state index in [1.54, 1.807) is 23.6 Å². The highest BCUT2D eigenvalue weighted by Crippen LogP contribution is 2.45. The molecule has 1 fully saturated rings. The molecule has 0 N–H and O–H groups in total. The second-order valence-electron chi connectivity index (χ2n) is 5.91. The predicted molar refractivity (Wildman–Crippen MR) is 104 cm³/mol. The lowest BCUT2D eigenvalue weighted by molar-refractivity contribution is -0.384. The van der Waals surface area contributed by atoms with Gasteiger partial charge in [0.25, 0.3) is 11.6 Å². The van der Waals surface area contributed by atoms with Crippen LogP contribution in [0.2, 0.25) is 0 Å². The summed E-state index contributed by atoms with van der Waals surface area (Å²) >= 11 is 4.55. The molecule has 2 aromatic rings. The Bertz CT molecular complexity index is 1040. The van der Waals surface area contributed by atoms with Crippen molar-refractivity contribution >= 4 is 51.3 Å². The minimum atomic E-state index is -0.624. The lowest BCUT2D eigenvalue weighted by Gasteiger charge is -2.37. The van der Waals surface area contributed by atoms with E-state index in [1.807, 2.05) is 0 Å². The van der Waals surface area contributed by atoms with E-state index in [0.717, 1.165) is 0 Å². The van der Waals surface area contributed by atoms with Gasteiger partial charge in [-0.2, -0.15) is 0 Å². The number of nitro groups is 1. The zero-order chi connectivity index (χ0) is 19.8. The summed E-state index contributed by atoms with van der Waals surface area (Å²) in [7, 11) is 0. The van der Waals surface area contributed by atoms with E-state index in [0.29, 0.717) is 21.6 Å². The summed E-state index contributed by atoms with van der Waals surface area (Å²) in [5.74, 6) is -0.354. The van der Waals surface area contributed by atoms with Crippen LogP contribution in [-0.4, -0.2) is 27.1 Å². The van der Waals surface area contributed by atoms with Gasteiger partial charge in [-0.15, -0.1) is 11.8 Å². The van der Waals surface area contributed by atoms with E-state index >= 15 is 0 Å². The van der Waals surface area contributed by atoms with Crippen LogP contribution in [0.25, 0.3) is 6.08 Å². The molecule has 0 aliphatic carbocycles. The summed E-state index contributed by atoms with van der Waals surface area (Å²) in [6.45, 7) is -0.0470. The van der Waals surface area contributed by atoms with Crippen molar-refractivity contribution in [2.75, 3.05) is 0 Å². The van der Waals surface area contributed by atoms with Gasteiger partial charge in [-0.1, -0.05) is 0 Å². The third-order valence-electron chi connectivity index (χ3n) is 4.15. The van der Waals surface area contributed by atoms with E-state index in [9.17, 15) is 19.7 Å². The van der Waals surface area contributed by atoms with Crippen LogP contribution in [0.4, 0.5) is 5.69 Å². The second-order valence-corrected chi connectivity index (χ2v) is 7.64. The van der Waals surface area contributed by atoms with Crippen LogP contribution in [0.3, 0.4) is 0 Å². The number of nitro benzene ring substituents is 1. The van der Waals surface area contributed by atoms with Crippen LogP contribution in [-0.2, 0) is 20.9 Å². The number of carbonyl (C=O) groups excluding carboxylic acids is 2. The highest BCUT2D eigenvalue weighted by Gasteiger charge is 2.50. The summed E-state index contributed by atoms with van der Waals surface area (Å²) in [6, 6.07) is 9.18. The third-order valence-corrected chi connectivity index (χ3v) is 5.66. The van der Waals surface area contributed by atoms with Gasteiger partial charge in [0, 0.05) is 17.5 Å². The van der Waals surface area contributed by atoms with E-state index in [4.69, 9.17) is 9.15 Å². The van der Waals surface area contributed by atoms with Crippen molar-refractivity contribution in [1.82, 2.24) is 4.90 Å². The number of furan rings is 1. The second kappa shape index (κ2) is 7.28. The monoisotopic (exact) mass is 462 g/mol. The molecule has 0 spiro atoms. The number of amides is 1. The Morgan fingerprint density at radius 1 is 1.32 bits per heavy atom. The largest absolute Gasteiger partial charge is 0.456 e. The van der Waals surface area contributed by atoms with Crippen LogP contribution >= 0.6 is 27.7 Å². The van der Waals surface area contributed by atoms with Crippen LogP contribution in [0.1, 0.15) is 11.3 Å². The molecule has 1 saturated heterocycles. The van der Waals surface area contributed by atoms with E-state index in [2.05, 4.69) is 15.9 Å². The summed E-state index contributed by atoms with van der Waals surface area (Å²) in [4.78, 5) is 36.3. The molecule has 1 aromatic heterocycles. The number of hydrogen-bond acceptors (Lipinski definition) is 7. The smallest absolute Gasteiger partial charge is 0.355 e. The van der Waals surface area contributed by atoms with Gasteiger partial charge in [0.1, 0.15) is 23.4 Å². The van der Waals surface area contributed by atoms with E-state index < -0.39 is 10.9 Å². The number of esters is 1. The molecule has 8 nitrogen and oxygen atoms in total. The van der Waals surface area contributed by atoms with Gasteiger partial charge in [0.15, 0.2) is 4.67 Å². The number of rotatable bonds is 5. The normalized spacial score (nSPS) is 19.2. The molecule has 3 heterocycles. The molecule has 142 valence electrons. The number of β-lactam (4-membered cyclic amide) rings is 1. The zero-order valence-electron chi connectivity index (χ0n) is 14.0. The molecule has 28 heavy (non-hydrogen) atoms. The minimum absolute atomic E-state index is 0.0399. The molecule has 1 aromatic carbocycles. The number of fused-ring (bicyclic) bond motifs is 1. The van der Waals surface area contributed by atoms with Crippen molar-refractivity contribution in [2.45, 2.75) is 12.0 Å². The van der Waals surface area contributed by atoms with Crippen LogP contribution < -0.4 is 0 Å². The fourth-order valence-electron chi connectivity index (χ4n) is 2.76. The molecule has 0 radical (unpaired) electrons. The van der Waals surface area contributed by atoms with E-state index in [1.165, 1.54) is 40.9 Å². The first-order valence-corrected chi connectivity index (χ1v) is 9.74. The first-order valence-electron chi connectivity index (χ1n) is 8.00. The van der Waals surface area contributed by atoms with Crippen molar-refractivity contribution < 1.29 is 23.7 Å². The maximum atomic E-state index is 12.4. The summed E-state index contributed by atoms with van der Waals surface area (Å²) in [5.41, 5.74) is 1.29. The Hall–Kier alpha value is -2.85. The van der Waals surface area contributed by atoms with Crippen LogP contribution in [0, 0.1) is 10.1 Å². The zero-order valence-corrected chi connectivity index (χ0v) is 16.4. The number of nitrogens with zero attached hydrogens (tertiary/aromatic N) is 2. The fourth-order valence-corrected chi connectivity index (χ4v) is 4.19. The topological polar surface area (TPSA) is 103 Å². The van der Waals surface area contributed by atoms with Gasteiger partial charge in [0.05, 0.1) is 10.5 Å². The van der Waals surface area contributed by atoms with Crippen molar-refractivity contribution in [3.8, 4) is 0 Å². The summed E-state index contributed by atoms with van der Waals surface area (Å²) < 4.78 is 11.2. The highest BCUT2D eigenvalue weighted by molar-refractivity contribution is 9.10. The molecule has 4 rings (SSSR count). The lowest BCUT2D eigenvalue weighted by atomic mass is 10.0. The predicted octanol–water partition coefficient (Wildman–Crippen LogP) is 3.83. The third kappa shape index (κ3) is 3.36. The SMILES string of the molecule is O=C(OCc1ccc([N+](=O)[O-])cc1)C1=CSC2/C(=C\c3ccc(Br)o3)C(=O)N12. The standard InChI is InChI=1S/C18H11BrN2O6S/c19-15-6-5-12(27-15)7-13-16(22)20-14(9-28-17(13)20)18(23)26-8-10-1-3-11(4-2-10)21(24)25/h1-7,9,17H,8H2/b13-7-. The molecule has 0 bridgehead atoms. The molecule has 1 unspecified atom stereocenters. The van der Waals surface area contributed by atoms with Crippen molar-refractivity contribution in [2.24, 2.45) is 0 Å². The Morgan fingerprint density at radius 3 is 2.71 bits per heavy atom. The van der Waals surface area contributed by atoms with Crippen molar-refractivity contribution in [3.63, 3.8) is 0 Å². The first-order chi connectivity index (χ1) is 13.4. The van der Waals surface area contributed by atoms with Gasteiger partial charge in [-0.05, 0) is 51.8 Å². The average molecular weight is 463 g/mol. The van der Waals surface area contributed by atoms with Crippen molar-refractivity contribution in [1.29, 1.82) is 0 Å². The molecule has 10 heteroatoms. The van der Waals surface area contributed by atoms with Gasteiger partial charge >= 0.3 is 5.97 Å². The number of thioether (sulfide) groups is 1. The highest BCUT2D eigenvalue weighted by atomic mass is 79.9. The van der Waals surface area contributed by atoms with Crippen molar-refractivity contribution in [3.05, 3.63) is 79.2 Å². The number of hydrogen-bond donors (Lipinski definition) is 0. The lowest BCUT2D eigenvalue weighted by Crippen LogP contribution is -2.51. The molecule has 2 aliphatic heterocycles. The Kier molecular flexibility index (Phi) is 4.82. The number of halogens is 1. The average Bonchev–Trinajstić information content (AvgIpc) is 3.28. The molecule has 1 atom stereocenters. The molecule has 0 saturated carbocycles. The summed E-state index contributed by atoms with van der Waals surface area (Å²) in [6.07, 6.45) is 1.65. The maximum Gasteiger partial charge on any atom is 0.355 e. The first kappa shape index (κ1) is 18.5. The summed E-state index contributed by atoms with van der Waals surface area (Å²) in [5, 5.41) is 12.0. The Morgan fingerprint density at radius 2 is 2.07 bits per heavy atom. The molecule has 2 aliphatic rings. The minimum Gasteiger partial charge on any atom is -0.456 e. The quantitative estimate of drug-likeness (QED) is 0.218. The number of non-ortho nitro benzene ring substituents is 1. The fraction of sp³-hybridized carbons (Fsp3) is 0.111.